The van der Waals surface area contributed by atoms with E-state index >= 15 is 0 Å². The predicted octanol–water partition coefficient (Wildman–Crippen LogP) is 2.89. The lowest BCUT2D eigenvalue weighted by Gasteiger charge is -2.01. The Morgan fingerprint density at radius 2 is 2.11 bits per heavy atom. The van der Waals surface area contributed by atoms with Crippen LogP contribution in [0.5, 0.6) is 0 Å². The van der Waals surface area contributed by atoms with Gasteiger partial charge in [0.1, 0.15) is 17.1 Å². The van der Waals surface area contributed by atoms with Crippen LogP contribution in [-0.4, -0.2) is 19.4 Å². The molecule has 3 heterocycles. The summed E-state index contributed by atoms with van der Waals surface area (Å²) in [7, 11) is 0. The van der Waals surface area contributed by atoms with Crippen molar-refractivity contribution in [3.05, 3.63) is 47.5 Å². The van der Waals surface area contributed by atoms with Gasteiger partial charge in [0.25, 0.3) is 0 Å². The Bertz CT molecular complexity index is 738. The average Bonchev–Trinajstić information content (AvgIpc) is 2.65. The summed E-state index contributed by atoms with van der Waals surface area (Å²) in [6.07, 6.45) is 3.01. The van der Waals surface area contributed by atoms with Gasteiger partial charge in [0.05, 0.1) is 11.4 Å². The molecule has 0 amide bonds. The fourth-order valence-corrected chi connectivity index (χ4v) is 1.93. The monoisotopic (exact) mass is 262 g/mol. The van der Waals surface area contributed by atoms with Crippen molar-refractivity contribution in [3.8, 4) is 11.3 Å². The van der Waals surface area contributed by atoms with Crippen molar-refractivity contribution in [1.82, 2.24) is 19.4 Å². The number of pyridine rings is 1. The number of fused-ring (bicyclic) bond motifs is 1. The molecule has 90 valence electrons. The van der Waals surface area contributed by atoms with Gasteiger partial charge < -0.3 is 0 Å². The SMILES string of the molecule is Cc1nc2cc(-c3cc(Cl)ncn3)ccn2c1F. The van der Waals surface area contributed by atoms with Gasteiger partial charge >= 0.3 is 0 Å². The average molecular weight is 263 g/mol. The minimum atomic E-state index is -0.350. The summed E-state index contributed by atoms with van der Waals surface area (Å²) in [5.41, 5.74) is 2.40. The zero-order chi connectivity index (χ0) is 12.7. The van der Waals surface area contributed by atoms with Crippen molar-refractivity contribution in [3.63, 3.8) is 0 Å². The van der Waals surface area contributed by atoms with Crippen molar-refractivity contribution in [2.75, 3.05) is 0 Å². The van der Waals surface area contributed by atoms with Crippen molar-refractivity contribution in [2.45, 2.75) is 6.92 Å². The first-order valence-electron chi connectivity index (χ1n) is 5.27. The summed E-state index contributed by atoms with van der Waals surface area (Å²) in [6.45, 7) is 1.63. The molecular weight excluding hydrogens is 255 g/mol. The number of imidazole rings is 1. The van der Waals surface area contributed by atoms with Gasteiger partial charge in [-0.05, 0) is 19.1 Å². The smallest absolute Gasteiger partial charge is 0.220 e. The van der Waals surface area contributed by atoms with E-state index in [0.29, 0.717) is 22.2 Å². The molecule has 0 fully saturated rings. The lowest BCUT2D eigenvalue weighted by Crippen LogP contribution is -1.91. The topological polar surface area (TPSA) is 43.1 Å². The molecule has 0 radical (unpaired) electrons. The van der Waals surface area contributed by atoms with E-state index in [1.165, 1.54) is 10.7 Å². The maximum Gasteiger partial charge on any atom is 0.220 e. The van der Waals surface area contributed by atoms with E-state index in [0.717, 1.165) is 5.56 Å². The van der Waals surface area contributed by atoms with Gasteiger partial charge in [-0.2, -0.15) is 4.39 Å². The number of hydrogen-bond donors (Lipinski definition) is 0. The Kier molecular flexibility index (Phi) is 2.48. The molecule has 6 heteroatoms. The molecule has 0 aromatic carbocycles. The molecule has 3 rings (SSSR count). The number of rotatable bonds is 1. The van der Waals surface area contributed by atoms with Crippen LogP contribution in [0.25, 0.3) is 16.9 Å². The fraction of sp³-hybridized carbons (Fsp3) is 0.0833. The standard InChI is InChI=1S/C12H8ClFN4/c1-7-12(14)18-3-2-8(4-11(18)17-7)9-5-10(13)16-6-15-9/h2-6H,1H3. The van der Waals surface area contributed by atoms with Gasteiger partial charge in [0.15, 0.2) is 0 Å². The van der Waals surface area contributed by atoms with Crippen molar-refractivity contribution in [1.29, 1.82) is 0 Å². The zero-order valence-corrected chi connectivity index (χ0v) is 10.2. The van der Waals surface area contributed by atoms with Crippen LogP contribution in [0.3, 0.4) is 0 Å². The van der Waals surface area contributed by atoms with E-state index in [2.05, 4.69) is 15.0 Å². The first kappa shape index (κ1) is 11.1. The van der Waals surface area contributed by atoms with Crippen LogP contribution in [0, 0.1) is 12.9 Å². The van der Waals surface area contributed by atoms with Crippen molar-refractivity contribution < 1.29 is 4.39 Å². The Labute approximate surface area is 107 Å². The zero-order valence-electron chi connectivity index (χ0n) is 9.43. The van der Waals surface area contributed by atoms with Gasteiger partial charge in [0, 0.05) is 17.8 Å². The van der Waals surface area contributed by atoms with E-state index in [1.807, 2.05) is 0 Å². The third kappa shape index (κ3) is 1.73. The quantitative estimate of drug-likeness (QED) is 0.634. The van der Waals surface area contributed by atoms with Crippen LogP contribution in [0.1, 0.15) is 5.69 Å². The molecule has 0 bridgehead atoms. The molecule has 0 N–H and O–H groups in total. The van der Waals surface area contributed by atoms with E-state index in [1.54, 1.807) is 31.3 Å². The molecule has 3 aromatic heterocycles. The summed E-state index contributed by atoms with van der Waals surface area (Å²) >= 11 is 5.81. The van der Waals surface area contributed by atoms with Gasteiger partial charge in [-0.25, -0.2) is 15.0 Å². The fourth-order valence-electron chi connectivity index (χ4n) is 1.78. The molecule has 0 saturated heterocycles. The number of aryl methyl sites for hydroxylation is 1. The third-order valence-electron chi connectivity index (χ3n) is 2.66. The van der Waals surface area contributed by atoms with E-state index in [-0.39, 0.29) is 5.95 Å². The van der Waals surface area contributed by atoms with Crippen LogP contribution in [0.15, 0.2) is 30.7 Å². The molecule has 0 spiro atoms. The lowest BCUT2D eigenvalue weighted by atomic mass is 10.2. The molecule has 0 unspecified atom stereocenters. The molecule has 0 saturated carbocycles. The van der Waals surface area contributed by atoms with Gasteiger partial charge in [-0.3, -0.25) is 4.40 Å². The summed E-state index contributed by atoms with van der Waals surface area (Å²) in [5, 5.41) is 0.366. The normalized spacial score (nSPS) is 11.1. The van der Waals surface area contributed by atoms with Crippen LogP contribution in [-0.2, 0) is 0 Å². The third-order valence-corrected chi connectivity index (χ3v) is 2.86. The first-order valence-corrected chi connectivity index (χ1v) is 5.65. The van der Waals surface area contributed by atoms with Gasteiger partial charge in [-0.1, -0.05) is 11.6 Å². The summed E-state index contributed by atoms with van der Waals surface area (Å²) < 4.78 is 15.0. The molecule has 0 atom stereocenters. The highest BCUT2D eigenvalue weighted by Crippen LogP contribution is 2.21. The van der Waals surface area contributed by atoms with Gasteiger partial charge in [0.2, 0.25) is 5.95 Å². The van der Waals surface area contributed by atoms with Crippen LogP contribution in [0.2, 0.25) is 5.15 Å². The minimum absolute atomic E-state index is 0.350. The number of halogens is 2. The molecule has 18 heavy (non-hydrogen) atoms. The number of hydrogen-bond acceptors (Lipinski definition) is 3. The van der Waals surface area contributed by atoms with E-state index < -0.39 is 0 Å². The second-order valence-electron chi connectivity index (χ2n) is 3.86. The Hall–Kier alpha value is -2.01. The van der Waals surface area contributed by atoms with E-state index in [4.69, 9.17) is 11.6 Å². The highest BCUT2D eigenvalue weighted by atomic mass is 35.5. The molecule has 4 nitrogen and oxygen atoms in total. The molecule has 0 aliphatic heterocycles. The molecule has 3 aromatic rings. The maximum absolute atomic E-state index is 13.6. The van der Waals surface area contributed by atoms with Crippen molar-refractivity contribution >= 4 is 17.2 Å². The van der Waals surface area contributed by atoms with E-state index in [9.17, 15) is 4.39 Å². The second kappa shape index (κ2) is 4.03. The maximum atomic E-state index is 13.6. The predicted molar refractivity (Wildman–Crippen MR) is 65.9 cm³/mol. The summed E-state index contributed by atoms with van der Waals surface area (Å²) in [6, 6.07) is 5.17. The highest BCUT2D eigenvalue weighted by Gasteiger charge is 2.09. The second-order valence-corrected chi connectivity index (χ2v) is 4.24. The Morgan fingerprint density at radius 3 is 2.89 bits per heavy atom. The Balaban J connectivity index is 2.19. The molecule has 0 aliphatic carbocycles. The van der Waals surface area contributed by atoms with Crippen LogP contribution in [0.4, 0.5) is 4.39 Å². The Morgan fingerprint density at radius 1 is 1.28 bits per heavy atom. The summed E-state index contributed by atoms with van der Waals surface area (Å²) in [5.74, 6) is -0.350. The summed E-state index contributed by atoms with van der Waals surface area (Å²) in [4.78, 5) is 12.1. The van der Waals surface area contributed by atoms with Crippen molar-refractivity contribution in [2.24, 2.45) is 0 Å². The largest absolute Gasteiger partial charge is 0.276 e. The highest BCUT2D eigenvalue weighted by molar-refractivity contribution is 6.29. The van der Waals surface area contributed by atoms with Gasteiger partial charge in [-0.15, -0.1) is 0 Å². The number of nitrogens with zero attached hydrogens (tertiary/aromatic N) is 4. The molecular formula is C12H8ClFN4. The minimum Gasteiger partial charge on any atom is -0.276 e. The number of aromatic nitrogens is 4. The molecule has 0 aliphatic rings. The lowest BCUT2D eigenvalue weighted by molar-refractivity contribution is 0.564. The van der Waals surface area contributed by atoms with Crippen LogP contribution < -0.4 is 0 Å². The first-order chi connectivity index (χ1) is 8.65. The van der Waals surface area contributed by atoms with Crippen LogP contribution >= 0.6 is 11.6 Å².